The second kappa shape index (κ2) is 8.28. The maximum absolute atomic E-state index is 12.4. The minimum Gasteiger partial charge on any atom is -0.340 e. The summed E-state index contributed by atoms with van der Waals surface area (Å²) in [5, 5.41) is 0. The molecule has 20 heavy (non-hydrogen) atoms. The van der Waals surface area contributed by atoms with E-state index < -0.39 is 0 Å². The van der Waals surface area contributed by atoms with Gasteiger partial charge < -0.3 is 10.6 Å². The van der Waals surface area contributed by atoms with Crippen molar-refractivity contribution >= 4 is 18.3 Å². The van der Waals surface area contributed by atoms with Crippen LogP contribution in [0.2, 0.25) is 0 Å². The maximum atomic E-state index is 12.4. The van der Waals surface area contributed by atoms with Gasteiger partial charge in [-0.3, -0.25) is 4.79 Å². The summed E-state index contributed by atoms with van der Waals surface area (Å²) < 4.78 is 0. The molecule has 1 fully saturated rings. The number of nitrogens with two attached hydrogens (primary N) is 1. The molecule has 1 aliphatic carbocycles. The van der Waals surface area contributed by atoms with Crippen molar-refractivity contribution in [3.8, 4) is 0 Å². The van der Waals surface area contributed by atoms with Gasteiger partial charge in [-0.1, -0.05) is 43.2 Å². The molecule has 3 nitrogen and oxygen atoms in total. The summed E-state index contributed by atoms with van der Waals surface area (Å²) in [6.45, 7) is 2.86. The van der Waals surface area contributed by atoms with Gasteiger partial charge in [0.1, 0.15) is 0 Å². The smallest absolute Gasteiger partial charge is 0.224 e. The third kappa shape index (κ3) is 4.22. The molecule has 4 heteroatoms. The van der Waals surface area contributed by atoms with Crippen molar-refractivity contribution < 1.29 is 4.79 Å². The highest BCUT2D eigenvalue weighted by molar-refractivity contribution is 5.85. The van der Waals surface area contributed by atoms with Crippen LogP contribution in [0.4, 0.5) is 0 Å². The molecule has 0 saturated heterocycles. The number of hydrogen-bond acceptors (Lipinski definition) is 2. The van der Waals surface area contributed by atoms with E-state index in [1.165, 1.54) is 12.8 Å². The first-order chi connectivity index (χ1) is 9.22. The monoisotopic (exact) mass is 296 g/mol. The van der Waals surface area contributed by atoms with E-state index in [4.69, 9.17) is 5.73 Å². The lowest BCUT2D eigenvalue weighted by atomic mass is 10.0. The molecule has 0 aliphatic heterocycles. The van der Waals surface area contributed by atoms with E-state index in [9.17, 15) is 4.79 Å². The third-order valence-corrected chi connectivity index (χ3v) is 4.05. The summed E-state index contributed by atoms with van der Waals surface area (Å²) in [5.74, 6) is 0.200. The Balaban J connectivity index is 0.00000200. The zero-order valence-corrected chi connectivity index (χ0v) is 12.9. The SMILES string of the molecule is CCN(C(=O)CC(N)c1ccccc1)C1CCCC1.Cl. The minimum absolute atomic E-state index is 0. The number of hydrogen-bond donors (Lipinski definition) is 1. The van der Waals surface area contributed by atoms with Gasteiger partial charge in [-0.25, -0.2) is 0 Å². The van der Waals surface area contributed by atoms with Crippen LogP contribution in [0, 0.1) is 0 Å². The normalized spacial score (nSPS) is 16.5. The lowest BCUT2D eigenvalue weighted by molar-refractivity contribution is -0.133. The fourth-order valence-electron chi connectivity index (χ4n) is 2.98. The molecule has 1 atom stereocenters. The third-order valence-electron chi connectivity index (χ3n) is 4.05. The number of carbonyl (C=O) groups is 1. The molecule has 1 aliphatic rings. The molecule has 0 spiro atoms. The molecule has 112 valence electrons. The number of halogens is 1. The number of rotatable bonds is 5. The average molecular weight is 297 g/mol. The van der Waals surface area contributed by atoms with E-state index in [0.717, 1.165) is 24.9 Å². The van der Waals surface area contributed by atoms with Crippen molar-refractivity contribution in [1.29, 1.82) is 0 Å². The number of nitrogens with zero attached hydrogens (tertiary/aromatic N) is 1. The second-order valence-electron chi connectivity index (χ2n) is 5.34. The molecule has 0 radical (unpaired) electrons. The molecule has 1 aromatic rings. The van der Waals surface area contributed by atoms with E-state index in [2.05, 4.69) is 6.92 Å². The van der Waals surface area contributed by atoms with Crippen molar-refractivity contribution in [2.24, 2.45) is 5.73 Å². The van der Waals surface area contributed by atoms with Crippen LogP contribution in [-0.4, -0.2) is 23.4 Å². The van der Waals surface area contributed by atoms with Crippen molar-refractivity contribution in [3.05, 3.63) is 35.9 Å². The molecular weight excluding hydrogens is 272 g/mol. The number of carbonyl (C=O) groups excluding carboxylic acids is 1. The molecule has 2 N–H and O–H groups in total. The fraction of sp³-hybridized carbons (Fsp3) is 0.562. The highest BCUT2D eigenvalue weighted by atomic mass is 35.5. The number of amides is 1. The van der Waals surface area contributed by atoms with Crippen molar-refractivity contribution in [3.63, 3.8) is 0 Å². The van der Waals surface area contributed by atoms with Crippen molar-refractivity contribution in [2.75, 3.05) is 6.54 Å². The summed E-state index contributed by atoms with van der Waals surface area (Å²) in [5.41, 5.74) is 7.18. The van der Waals surface area contributed by atoms with Crippen LogP contribution >= 0.6 is 12.4 Å². The highest BCUT2D eigenvalue weighted by Crippen LogP contribution is 2.25. The van der Waals surface area contributed by atoms with Gasteiger partial charge in [-0.05, 0) is 25.3 Å². The van der Waals surface area contributed by atoms with Crippen LogP contribution in [0.5, 0.6) is 0 Å². The van der Waals surface area contributed by atoms with Gasteiger partial charge >= 0.3 is 0 Å². The Morgan fingerprint density at radius 2 is 1.90 bits per heavy atom. The van der Waals surface area contributed by atoms with Crippen molar-refractivity contribution in [1.82, 2.24) is 4.90 Å². The predicted molar refractivity (Wildman–Crippen MR) is 84.9 cm³/mol. The minimum atomic E-state index is -0.191. The number of benzene rings is 1. The van der Waals surface area contributed by atoms with E-state index in [1.807, 2.05) is 35.2 Å². The van der Waals surface area contributed by atoms with Crippen LogP contribution in [0.3, 0.4) is 0 Å². The molecule has 1 aromatic carbocycles. The molecule has 2 rings (SSSR count). The van der Waals surface area contributed by atoms with Gasteiger partial charge in [0, 0.05) is 25.0 Å². The standard InChI is InChI=1S/C16H24N2O.ClH/c1-2-18(14-10-6-7-11-14)16(19)12-15(17)13-8-4-3-5-9-13;/h3-5,8-9,14-15H,2,6-7,10-12,17H2,1H3;1H. The quantitative estimate of drug-likeness (QED) is 0.906. The zero-order chi connectivity index (χ0) is 13.7. The fourth-order valence-corrected chi connectivity index (χ4v) is 2.98. The Morgan fingerprint density at radius 1 is 1.30 bits per heavy atom. The van der Waals surface area contributed by atoms with E-state index in [-0.39, 0.29) is 24.4 Å². The van der Waals surface area contributed by atoms with E-state index in [0.29, 0.717) is 12.5 Å². The van der Waals surface area contributed by atoms with Crippen LogP contribution in [0.25, 0.3) is 0 Å². The summed E-state index contributed by atoms with van der Waals surface area (Å²) in [6, 6.07) is 10.1. The largest absolute Gasteiger partial charge is 0.340 e. The Labute approximate surface area is 127 Å². The van der Waals surface area contributed by atoms with Crippen LogP contribution in [0.1, 0.15) is 50.6 Å². The molecule has 1 unspecified atom stereocenters. The van der Waals surface area contributed by atoms with Gasteiger partial charge in [-0.2, -0.15) is 0 Å². The topological polar surface area (TPSA) is 46.3 Å². The molecule has 1 saturated carbocycles. The first-order valence-corrected chi connectivity index (χ1v) is 7.32. The average Bonchev–Trinajstić information content (AvgIpc) is 2.94. The van der Waals surface area contributed by atoms with Crippen LogP contribution < -0.4 is 5.73 Å². The van der Waals surface area contributed by atoms with E-state index >= 15 is 0 Å². The van der Waals surface area contributed by atoms with Gasteiger partial charge in [0.05, 0.1) is 0 Å². The summed E-state index contributed by atoms with van der Waals surface area (Å²) in [6.07, 6.45) is 5.22. The zero-order valence-electron chi connectivity index (χ0n) is 12.1. The van der Waals surface area contributed by atoms with Gasteiger partial charge in [0.2, 0.25) is 5.91 Å². The summed E-state index contributed by atoms with van der Waals surface area (Å²) in [4.78, 5) is 14.4. The van der Waals surface area contributed by atoms with E-state index in [1.54, 1.807) is 0 Å². The molecular formula is C16H25ClN2O. The summed E-state index contributed by atoms with van der Waals surface area (Å²) in [7, 11) is 0. The Bertz CT molecular complexity index is 404. The molecule has 0 aromatic heterocycles. The Hall–Kier alpha value is -1.06. The first-order valence-electron chi connectivity index (χ1n) is 7.32. The van der Waals surface area contributed by atoms with Gasteiger partial charge in [-0.15, -0.1) is 12.4 Å². The van der Waals surface area contributed by atoms with Gasteiger partial charge in [0.25, 0.3) is 0 Å². The van der Waals surface area contributed by atoms with Crippen molar-refractivity contribution in [2.45, 2.75) is 51.1 Å². The highest BCUT2D eigenvalue weighted by Gasteiger charge is 2.26. The first kappa shape index (κ1) is 17.0. The van der Waals surface area contributed by atoms with Crippen LogP contribution in [0.15, 0.2) is 30.3 Å². The van der Waals surface area contributed by atoms with Crippen LogP contribution in [-0.2, 0) is 4.79 Å². The Kier molecular flexibility index (Phi) is 7.03. The molecule has 0 bridgehead atoms. The second-order valence-corrected chi connectivity index (χ2v) is 5.34. The summed E-state index contributed by atoms with van der Waals surface area (Å²) >= 11 is 0. The predicted octanol–water partition coefficient (Wildman–Crippen LogP) is 3.29. The maximum Gasteiger partial charge on any atom is 0.224 e. The Morgan fingerprint density at radius 3 is 2.45 bits per heavy atom. The lowest BCUT2D eigenvalue weighted by Gasteiger charge is -2.28. The molecule has 0 heterocycles. The molecule has 1 amide bonds. The van der Waals surface area contributed by atoms with Gasteiger partial charge in [0.15, 0.2) is 0 Å². The lowest BCUT2D eigenvalue weighted by Crippen LogP contribution is -2.39.